The predicted molar refractivity (Wildman–Crippen MR) is 137 cm³/mol. The van der Waals surface area contributed by atoms with E-state index in [9.17, 15) is 4.79 Å². The molecule has 0 aromatic heterocycles. The summed E-state index contributed by atoms with van der Waals surface area (Å²) in [7, 11) is 1.72. The van der Waals surface area contributed by atoms with Gasteiger partial charge in [0, 0.05) is 55.8 Å². The average molecular weight is 510 g/mol. The monoisotopic (exact) mass is 509 g/mol. The molecule has 34 heavy (non-hydrogen) atoms. The van der Waals surface area contributed by atoms with Crippen LogP contribution in [-0.4, -0.2) is 68.7 Å². The van der Waals surface area contributed by atoms with Gasteiger partial charge in [0.1, 0.15) is 5.70 Å². The lowest BCUT2D eigenvalue weighted by Crippen LogP contribution is -2.54. The lowest BCUT2D eigenvalue weighted by molar-refractivity contribution is -0.128. The van der Waals surface area contributed by atoms with Crippen molar-refractivity contribution in [3.8, 4) is 0 Å². The van der Waals surface area contributed by atoms with Crippen molar-refractivity contribution in [3.63, 3.8) is 0 Å². The van der Waals surface area contributed by atoms with Gasteiger partial charge in [0.05, 0.1) is 29.1 Å². The van der Waals surface area contributed by atoms with Gasteiger partial charge in [-0.1, -0.05) is 29.8 Å². The molecular formula is C24H33Cl2N5O3. The molecule has 0 spiro atoms. The van der Waals surface area contributed by atoms with Crippen LogP contribution in [0.1, 0.15) is 26.2 Å². The van der Waals surface area contributed by atoms with Gasteiger partial charge in [0.25, 0.3) is 5.91 Å². The Balaban J connectivity index is 1.63. The normalized spacial score (nSPS) is 22.5. The molecule has 8 nitrogen and oxygen atoms in total. The number of ether oxygens (including phenoxy) is 2. The fraction of sp³-hybridized carbons (Fsp3) is 0.500. The Labute approximate surface area is 211 Å². The SMILES string of the molecule is C=C(Nc1ccc(Cl)c(Cl)c1)/C(C)=C(\N=C/N)C(=O)N1CCC(NC2CCOC[C@H]2OC)CC1. The molecule has 1 unspecified atom stereocenters. The topological polar surface area (TPSA) is 101 Å². The number of nitrogens with zero attached hydrogens (tertiary/aromatic N) is 2. The summed E-state index contributed by atoms with van der Waals surface area (Å²) in [5.41, 5.74) is 7.65. The van der Waals surface area contributed by atoms with Gasteiger partial charge in [0.2, 0.25) is 0 Å². The number of allylic oxidation sites excluding steroid dienone is 1. The third-order valence-corrected chi connectivity index (χ3v) is 7.01. The minimum absolute atomic E-state index is 0.0542. The van der Waals surface area contributed by atoms with Crippen LogP contribution in [0.4, 0.5) is 5.69 Å². The quantitative estimate of drug-likeness (QED) is 0.214. The Kier molecular flexibility index (Phi) is 9.79. The third-order valence-electron chi connectivity index (χ3n) is 6.27. The van der Waals surface area contributed by atoms with Gasteiger partial charge < -0.3 is 30.7 Å². The van der Waals surface area contributed by atoms with Gasteiger partial charge in [0.15, 0.2) is 0 Å². The molecule has 3 rings (SSSR count). The van der Waals surface area contributed by atoms with Crippen LogP contribution in [0.2, 0.25) is 10.0 Å². The van der Waals surface area contributed by atoms with E-state index in [1.165, 1.54) is 0 Å². The molecule has 1 aromatic rings. The van der Waals surface area contributed by atoms with Crippen LogP contribution < -0.4 is 16.4 Å². The molecule has 2 aliphatic rings. The maximum Gasteiger partial charge on any atom is 0.272 e. The van der Waals surface area contributed by atoms with Gasteiger partial charge in [-0.25, -0.2) is 4.99 Å². The smallest absolute Gasteiger partial charge is 0.272 e. The molecule has 1 amide bonds. The number of rotatable bonds is 8. The summed E-state index contributed by atoms with van der Waals surface area (Å²) in [5.74, 6) is -0.171. The lowest BCUT2D eigenvalue weighted by atomic mass is 9.99. The number of carbonyl (C=O) groups excluding carboxylic acids is 1. The van der Waals surface area contributed by atoms with Crippen LogP contribution in [0, 0.1) is 0 Å². The van der Waals surface area contributed by atoms with Crippen LogP contribution in [0.25, 0.3) is 0 Å². The van der Waals surface area contributed by atoms with E-state index in [4.69, 9.17) is 38.4 Å². The first-order valence-electron chi connectivity index (χ1n) is 11.4. The molecule has 2 fully saturated rings. The highest BCUT2D eigenvalue weighted by Crippen LogP contribution is 2.27. The highest BCUT2D eigenvalue weighted by Gasteiger charge is 2.31. The number of amides is 1. The summed E-state index contributed by atoms with van der Waals surface area (Å²) >= 11 is 12.1. The van der Waals surface area contributed by atoms with E-state index in [-0.39, 0.29) is 23.8 Å². The summed E-state index contributed by atoms with van der Waals surface area (Å²) in [6.07, 6.45) is 3.80. The summed E-state index contributed by atoms with van der Waals surface area (Å²) < 4.78 is 11.1. The molecule has 0 bridgehead atoms. The first kappa shape index (κ1) is 26.5. The number of hydrogen-bond acceptors (Lipinski definition) is 6. The highest BCUT2D eigenvalue weighted by atomic mass is 35.5. The molecule has 0 aliphatic carbocycles. The molecule has 0 saturated carbocycles. The second-order valence-corrected chi connectivity index (χ2v) is 9.28. The number of hydrogen-bond donors (Lipinski definition) is 3. The van der Waals surface area contributed by atoms with Crippen molar-refractivity contribution >= 4 is 41.1 Å². The maximum atomic E-state index is 13.3. The Bertz CT molecular complexity index is 945. The molecular weight excluding hydrogens is 477 g/mol. The standard InChI is InChI=1S/C24H33Cl2N5O3/c1-15(16(2)29-18-4-5-19(25)20(26)12-18)23(28-14-27)24(32)31-9-6-17(7-10-31)30-21-8-11-34-13-22(21)33-3/h4-5,12,14,17,21-22,29-30H,2,6-11,13H2,1,3H3,(H2,27,28)/b23-15-/t21?,22-/m1/s1. The first-order valence-corrected chi connectivity index (χ1v) is 12.1. The van der Waals surface area contributed by atoms with Crippen LogP contribution in [-0.2, 0) is 14.3 Å². The third kappa shape index (κ3) is 6.73. The van der Waals surface area contributed by atoms with Crippen molar-refractivity contribution in [2.45, 2.75) is 44.4 Å². The Morgan fingerprint density at radius 1 is 1.29 bits per heavy atom. The Morgan fingerprint density at radius 2 is 2.03 bits per heavy atom. The van der Waals surface area contributed by atoms with Gasteiger partial charge in [-0.3, -0.25) is 4.79 Å². The number of nitrogens with two attached hydrogens (primary N) is 1. The van der Waals surface area contributed by atoms with Gasteiger partial charge in [-0.2, -0.15) is 0 Å². The summed E-state index contributed by atoms with van der Waals surface area (Å²) in [6.45, 7) is 8.45. The van der Waals surface area contributed by atoms with Crippen molar-refractivity contribution in [2.24, 2.45) is 10.7 Å². The first-order chi connectivity index (χ1) is 16.3. The number of likely N-dealkylation sites (tertiary alicyclic amines) is 1. The fourth-order valence-electron chi connectivity index (χ4n) is 4.21. The maximum absolute atomic E-state index is 13.3. The van der Waals surface area contributed by atoms with Crippen molar-refractivity contribution < 1.29 is 14.3 Å². The lowest BCUT2D eigenvalue weighted by Gasteiger charge is -2.38. The molecule has 0 radical (unpaired) electrons. The van der Waals surface area contributed by atoms with E-state index in [2.05, 4.69) is 22.2 Å². The summed E-state index contributed by atoms with van der Waals surface area (Å²) in [6, 6.07) is 5.75. The average Bonchev–Trinajstić information content (AvgIpc) is 2.84. The molecule has 2 aliphatic heterocycles. The van der Waals surface area contributed by atoms with E-state index in [0.29, 0.717) is 52.7 Å². The molecule has 186 valence electrons. The van der Waals surface area contributed by atoms with E-state index in [1.807, 2.05) is 4.90 Å². The van der Waals surface area contributed by atoms with Crippen LogP contribution in [0.15, 0.2) is 46.7 Å². The van der Waals surface area contributed by atoms with E-state index < -0.39 is 0 Å². The van der Waals surface area contributed by atoms with E-state index in [0.717, 1.165) is 32.2 Å². The zero-order valence-electron chi connectivity index (χ0n) is 19.7. The second kappa shape index (κ2) is 12.6. The summed E-state index contributed by atoms with van der Waals surface area (Å²) in [4.78, 5) is 19.3. The van der Waals surface area contributed by atoms with Crippen LogP contribution in [0.3, 0.4) is 0 Å². The van der Waals surface area contributed by atoms with Crippen molar-refractivity contribution in [2.75, 3.05) is 38.7 Å². The molecule has 4 N–H and O–H groups in total. The number of carbonyl (C=O) groups is 1. The van der Waals surface area contributed by atoms with Gasteiger partial charge >= 0.3 is 0 Å². The number of piperidine rings is 1. The van der Waals surface area contributed by atoms with Gasteiger partial charge in [-0.05, 0) is 44.4 Å². The Morgan fingerprint density at radius 3 is 2.68 bits per heavy atom. The second-order valence-electron chi connectivity index (χ2n) is 8.46. The number of anilines is 1. The number of benzene rings is 1. The number of halogens is 2. The van der Waals surface area contributed by atoms with Crippen molar-refractivity contribution in [1.29, 1.82) is 0 Å². The molecule has 2 heterocycles. The minimum atomic E-state index is -0.171. The molecule has 2 saturated heterocycles. The predicted octanol–water partition coefficient (Wildman–Crippen LogP) is 3.56. The van der Waals surface area contributed by atoms with E-state index in [1.54, 1.807) is 32.2 Å². The molecule has 1 aromatic carbocycles. The van der Waals surface area contributed by atoms with Crippen molar-refractivity contribution in [3.05, 3.63) is 51.8 Å². The minimum Gasteiger partial charge on any atom is -0.390 e. The van der Waals surface area contributed by atoms with Gasteiger partial charge in [-0.15, -0.1) is 0 Å². The Hall–Kier alpha value is -2.10. The fourth-order valence-corrected chi connectivity index (χ4v) is 4.51. The zero-order valence-corrected chi connectivity index (χ0v) is 21.2. The van der Waals surface area contributed by atoms with E-state index >= 15 is 0 Å². The van der Waals surface area contributed by atoms with Crippen LogP contribution in [0.5, 0.6) is 0 Å². The highest BCUT2D eigenvalue weighted by molar-refractivity contribution is 6.42. The van der Waals surface area contributed by atoms with Crippen molar-refractivity contribution in [1.82, 2.24) is 10.2 Å². The molecule has 10 heteroatoms. The number of methoxy groups -OCH3 is 1. The zero-order chi connectivity index (χ0) is 24.7. The number of aliphatic imine (C=N–C) groups is 1. The van der Waals surface area contributed by atoms with Crippen LogP contribution >= 0.6 is 23.2 Å². The summed E-state index contributed by atoms with van der Waals surface area (Å²) in [5, 5.41) is 7.74. The largest absolute Gasteiger partial charge is 0.390 e. The molecule has 2 atom stereocenters. The number of nitrogens with one attached hydrogen (secondary N) is 2.